The summed E-state index contributed by atoms with van der Waals surface area (Å²) < 4.78 is 26.4. The summed E-state index contributed by atoms with van der Waals surface area (Å²) in [6, 6.07) is 11.7. The average Bonchev–Trinajstić information content (AvgIpc) is 3.28. The van der Waals surface area contributed by atoms with Gasteiger partial charge in [-0.15, -0.1) is 35.3 Å². The number of hydrogen-bond acceptors (Lipinski definition) is 5. The van der Waals surface area contributed by atoms with Crippen LogP contribution >= 0.6 is 35.3 Å². The molecule has 2 aromatic rings. The highest BCUT2D eigenvalue weighted by Gasteiger charge is 2.31. The fourth-order valence-corrected chi connectivity index (χ4v) is 5.74. The van der Waals surface area contributed by atoms with Crippen LogP contribution in [0.25, 0.3) is 0 Å². The second-order valence-electron chi connectivity index (χ2n) is 7.50. The zero-order chi connectivity index (χ0) is 21.6. The number of rotatable bonds is 7. The summed E-state index contributed by atoms with van der Waals surface area (Å²) in [4.78, 5) is 8.46. The maximum atomic E-state index is 12.0. The highest BCUT2D eigenvalue weighted by molar-refractivity contribution is 14.0. The number of hydrogen-bond donors (Lipinski definition) is 3. The number of benzene rings is 1. The minimum Gasteiger partial charge on any atom is -0.356 e. The van der Waals surface area contributed by atoms with Gasteiger partial charge in [0, 0.05) is 31.1 Å². The molecule has 10 heteroatoms. The molecule has 31 heavy (non-hydrogen) atoms. The smallest absolute Gasteiger partial charge is 0.240 e. The van der Waals surface area contributed by atoms with Gasteiger partial charge in [0.2, 0.25) is 10.0 Å². The Balaban J connectivity index is 0.00000341. The molecule has 1 fully saturated rings. The molecule has 1 saturated heterocycles. The molecule has 0 spiro atoms. The SMILES string of the molecule is CN=C(NCc1cccc(S(=O)(=O)NC)c1)NCC1CCCN(C)C1c1cccs1.I. The zero-order valence-electron chi connectivity index (χ0n) is 18.2. The van der Waals surface area contributed by atoms with Crippen molar-refractivity contribution in [3.8, 4) is 0 Å². The zero-order valence-corrected chi connectivity index (χ0v) is 22.1. The molecule has 0 radical (unpaired) electrons. The van der Waals surface area contributed by atoms with Crippen LogP contribution in [-0.2, 0) is 16.6 Å². The second-order valence-corrected chi connectivity index (χ2v) is 10.4. The van der Waals surface area contributed by atoms with Crippen LogP contribution in [0.5, 0.6) is 0 Å². The van der Waals surface area contributed by atoms with E-state index in [1.165, 1.54) is 24.8 Å². The maximum Gasteiger partial charge on any atom is 0.240 e. The first-order valence-electron chi connectivity index (χ1n) is 10.1. The van der Waals surface area contributed by atoms with Gasteiger partial charge in [-0.25, -0.2) is 13.1 Å². The van der Waals surface area contributed by atoms with E-state index >= 15 is 0 Å². The molecule has 2 atom stereocenters. The number of nitrogens with zero attached hydrogens (tertiary/aromatic N) is 2. The molecule has 1 aromatic carbocycles. The fraction of sp³-hybridized carbons (Fsp3) is 0.476. The van der Waals surface area contributed by atoms with Gasteiger partial charge >= 0.3 is 0 Å². The highest BCUT2D eigenvalue weighted by Crippen LogP contribution is 2.36. The third-order valence-electron chi connectivity index (χ3n) is 5.53. The van der Waals surface area contributed by atoms with E-state index in [1.807, 2.05) is 17.4 Å². The van der Waals surface area contributed by atoms with Crippen LogP contribution in [0.1, 0.15) is 29.3 Å². The number of likely N-dealkylation sites (tertiary alicyclic amines) is 1. The van der Waals surface area contributed by atoms with Gasteiger partial charge in [-0.2, -0.15) is 0 Å². The Morgan fingerprint density at radius 1 is 1.26 bits per heavy atom. The van der Waals surface area contributed by atoms with Gasteiger partial charge in [-0.05, 0) is 68.5 Å². The van der Waals surface area contributed by atoms with Crippen LogP contribution in [0.4, 0.5) is 0 Å². The number of piperidine rings is 1. The van der Waals surface area contributed by atoms with E-state index in [0.717, 1.165) is 24.6 Å². The number of aliphatic imine (C=N–C) groups is 1. The molecule has 2 heterocycles. The standard InChI is InChI=1S/C21H31N5O2S2.HI/c1-22-21(24-14-16-7-4-9-18(13-16)30(27,28)23-2)25-15-17-8-5-11-26(3)20(17)19-10-6-12-29-19;/h4,6-7,9-10,12-13,17,20,23H,5,8,11,14-15H2,1-3H3,(H2,22,24,25);1H. The second kappa shape index (κ2) is 12.1. The molecule has 1 aliphatic heterocycles. The van der Waals surface area contributed by atoms with Crippen molar-refractivity contribution in [2.75, 3.05) is 34.2 Å². The van der Waals surface area contributed by atoms with Crippen molar-refractivity contribution in [3.05, 3.63) is 52.2 Å². The van der Waals surface area contributed by atoms with Crippen molar-refractivity contribution < 1.29 is 8.42 Å². The van der Waals surface area contributed by atoms with E-state index in [4.69, 9.17) is 0 Å². The molecule has 7 nitrogen and oxygen atoms in total. The monoisotopic (exact) mass is 577 g/mol. The lowest BCUT2D eigenvalue weighted by Gasteiger charge is -2.39. The quantitative estimate of drug-likeness (QED) is 0.268. The predicted octanol–water partition coefficient (Wildman–Crippen LogP) is 3.02. The summed E-state index contributed by atoms with van der Waals surface area (Å²) in [5.41, 5.74) is 0.878. The first kappa shape index (κ1) is 26.0. The molecule has 1 aliphatic rings. The van der Waals surface area contributed by atoms with Gasteiger partial charge < -0.3 is 10.6 Å². The van der Waals surface area contributed by atoms with Crippen LogP contribution < -0.4 is 15.4 Å². The molecular formula is C21H32IN5O2S2. The number of nitrogens with one attached hydrogen (secondary N) is 3. The van der Waals surface area contributed by atoms with Crippen molar-refractivity contribution in [3.63, 3.8) is 0 Å². The molecule has 2 unspecified atom stereocenters. The van der Waals surface area contributed by atoms with E-state index in [-0.39, 0.29) is 28.9 Å². The van der Waals surface area contributed by atoms with Gasteiger partial charge in [0.05, 0.1) is 4.90 Å². The van der Waals surface area contributed by atoms with Crippen LogP contribution in [0, 0.1) is 5.92 Å². The van der Waals surface area contributed by atoms with Gasteiger partial charge in [-0.1, -0.05) is 18.2 Å². The largest absolute Gasteiger partial charge is 0.356 e. The highest BCUT2D eigenvalue weighted by atomic mass is 127. The lowest BCUT2D eigenvalue weighted by atomic mass is 9.88. The van der Waals surface area contributed by atoms with Crippen molar-refractivity contribution >= 4 is 51.3 Å². The van der Waals surface area contributed by atoms with Crippen LogP contribution in [0.15, 0.2) is 51.7 Å². The Labute approximate surface area is 206 Å². The van der Waals surface area contributed by atoms with Gasteiger partial charge in [0.25, 0.3) is 0 Å². The minimum absolute atomic E-state index is 0. The molecule has 172 valence electrons. The average molecular weight is 578 g/mol. The van der Waals surface area contributed by atoms with E-state index in [0.29, 0.717) is 18.5 Å². The molecule has 1 aromatic heterocycles. The summed E-state index contributed by atoms with van der Waals surface area (Å²) in [7, 11) is 1.92. The van der Waals surface area contributed by atoms with Crippen molar-refractivity contribution in [1.82, 2.24) is 20.3 Å². The van der Waals surface area contributed by atoms with Gasteiger partial charge in [0.1, 0.15) is 0 Å². The topological polar surface area (TPSA) is 85.8 Å². The molecular weight excluding hydrogens is 545 g/mol. The summed E-state index contributed by atoms with van der Waals surface area (Å²) in [5.74, 6) is 1.22. The van der Waals surface area contributed by atoms with E-state index < -0.39 is 10.0 Å². The number of thiophene rings is 1. The van der Waals surface area contributed by atoms with Crippen LogP contribution in [-0.4, -0.2) is 53.5 Å². The third-order valence-corrected chi connectivity index (χ3v) is 7.89. The molecule has 3 N–H and O–H groups in total. The van der Waals surface area contributed by atoms with Crippen molar-refractivity contribution in [1.29, 1.82) is 0 Å². The van der Waals surface area contributed by atoms with Crippen LogP contribution in [0.3, 0.4) is 0 Å². The fourth-order valence-electron chi connectivity index (χ4n) is 3.96. The number of halogens is 1. The predicted molar refractivity (Wildman–Crippen MR) is 139 cm³/mol. The lowest BCUT2D eigenvalue weighted by Crippen LogP contribution is -2.44. The normalized spacial score (nSPS) is 20.2. The Hall–Kier alpha value is -1.21. The molecule has 0 amide bonds. The Kier molecular flexibility index (Phi) is 10.2. The van der Waals surface area contributed by atoms with E-state index in [9.17, 15) is 8.42 Å². The Morgan fingerprint density at radius 3 is 2.74 bits per heavy atom. The minimum atomic E-state index is -3.45. The number of sulfonamides is 1. The van der Waals surface area contributed by atoms with Gasteiger partial charge in [0.15, 0.2) is 5.96 Å². The molecule has 0 saturated carbocycles. The Bertz CT molecular complexity index is 950. The molecule has 0 bridgehead atoms. The molecule has 3 rings (SSSR count). The van der Waals surface area contributed by atoms with Crippen LogP contribution in [0.2, 0.25) is 0 Å². The molecule has 0 aliphatic carbocycles. The van der Waals surface area contributed by atoms with E-state index in [1.54, 1.807) is 25.2 Å². The van der Waals surface area contributed by atoms with Gasteiger partial charge in [-0.3, -0.25) is 9.89 Å². The van der Waals surface area contributed by atoms with E-state index in [2.05, 4.69) is 49.8 Å². The maximum absolute atomic E-state index is 12.0. The lowest BCUT2D eigenvalue weighted by molar-refractivity contribution is 0.125. The third kappa shape index (κ3) is 6.88. The Morgan fingerprint density at radius 2 is 2.06 bits per heavy atom. The number of guanidine groups is 1. The van der Waals surface area contributed by atoms with Crippen molar-refractivity contribution in [2.24, 2.45) is 10.9 Å². The first-order chi connectivity index (χ1) is 14.4. The summed E-state index contributed by atoms with van der Waals surface area (Å²) in [6.45, 7) is 2.45. The summed E-state index contributed by atoms with van der Waals surface area (Å²) >= 11 is 1.82. The van der Waals surface area contributed by atoms with Crippen molar-refractivity contribution in [2.45, 2.75) is 30.3 Å². The summed E-state index contributed by atoms with van der Waals surface area (Å²) in [6.07, 6.45) is 2.38. The first-order valence-corrected chi connectivity index (χ1v) is 12.5. The summed E-state index contributed by atoms with van der Waals surface area (Å²) in [5, 5.41) is 8.90.